The van der Waals surface area contributed by atoms with Gasteiger partial charge < -0.3 is 9.55 Å². The van der Waals surface area contributed by atoms with Gasteiger partial charge >= 0.3 is 0 Å². The van der Waals surface area contributed by atoms with Gasteiger partial charge in [0.2, 0.25) is 0 Å². The van der Waals surface area contributed by atoms with E-state index in [1.165, 1.54) is 11.3 Å². The molecular weight excluding hydrogens is 294 g/mol. The maximum atomic E-state index is 12.4. The van der Waals surface area contributed by atoms with Gasteiger partial charge in [0.1, 0.15) is 5.69 Å². The molecule has 1 amide bonds. The van der Waals surface area contributed by atoms with Gasteiger partial charge in [0.15, 0.2) is 4.80 Å². The summed E-state index contributed by atoms with van der Waals surface area (Å²) in [6, 6.07) is 14.1. The Hall–Kier alpha value is -2.66. The zero-order valence-electron chi connectivity index (χ0n) is 11.9. The van der Waals surface area contributed by atoms with Crippen LogP contribution in [0.2, 0.25) is 0 Å². The maximum Gasteiger partial charge on any atom is 0.296 e. The molecule has 1 N–H and O–H groups in total. The number of hydrogen-bond donors (Lipinski definition) is 1. The third kappa shape index (κ3) is 2.07. The van der Waals surface area contributed by atoms with Gasteiger partial charge in [-0.15, -0.1) is 11.3 Å². The van der Waals surface area contributed by atoms with Crippen LogP contribution in [0.25, 0.3) is 21.7 Å². The van der Waals surface area contributed by atoms with E-state index >= 15 is 0 Å². The number of benzene rings is 2. The van der Waals surface area contributed by atoms with Crippen LogP contribution in [0, 0.1) is 0 Å². The van der Waals surface area contributed by atoms with Gasteiger partial charge in [0.25, 0.3) is 5.91 Å². The van der Waals surface area contributed by atoms with E-state index in [4.69, 9.17) is 0 Å². The number of nitrogens with one attached hydrogen (secondary N) is 1. The van der Waals surface area contributed by atoms with Crippen molar-refractivity contribution in [3.05, 3.63) is 64.5 Å². The molecule has 4 aromatic rings. The first-order chi connectivity index (χ1) is 10.7. The minimum atomic E-state index is -0.252. The molecule has 4 rings (SSSR count). The Labute approximate surface area is 130 Å². The molecule has 2 aromatic heterocycles. The van der Waals surface area contributed by atoms with E-state index in [9.17, 15) is 4.79 Å². The summed E-state index contributed by atoms with van der Waals surface area (Å²) >= 11 is 1.44. The molecule has 0 saturated heterocycles. The van der Waals surface area contributed by atoms with Crippen LogP contribution in [0.1, 0.15) is 10.5 Å². The van der Waals surface area contributed by atoms with Gasteiger partial charge in [-0.25, -0.2) is 0 Å². The number of hydrogen-bond acceptors (Lipinski definition) is 2. The molecule has 0 radical (unpaired) electrons. The topological polar surface area (TPSA) is 50.1 Å². The highest BCUT2D eigenvalue weighted by molar-refractivity contribution is 7.07. The van der Waals surface area contributed by atoms with Gasteiger partial charge in [-0.3, -0.25) is 4.79 Å². The maximum absolute atomic E-state index is 12.4. The summed E-state index contributed by atoms with van der Waals surface area (Å²) in [6.45, 7) is 0. The number of thiazole rings is 1. The van der Waals surface area contributed by atoms with Gasteiger partial charge in [0.05, 0.1) is 0 Å². The molecule has 22 heavy (non-hydrogen) atoms. The average Bonchev–Trinajstić information content (AvgIpc) is 3.14. The van der Waals surface area contributed by atoms with Crippen molar-refractivity contribution in [2.45, 2.75) is 0 Å². The lowest BCUT2D eigenvalue weighted by molar-refractivity contribution is 0.0994. The molecule has 0 saturated carbocycles. The van der Waals surface area contributed by atoms with Crippen molar-refractivity contribution in [1.29, 1.82) is 0 Å². The molecule has 0 aliphatic carbocycles. The molecule has 0 aliphatic heterocycles. The van der Waals surface area contributed by atoms with Gasteiger partial charge in [-0.2, -0.15) is 4.99 Å². The van der Waals surface area contributed by atoms with E-state index in [0.717, 1.165) is 21.7 Å². The molecule has 0 aliphatic rings. The number of nitrogens with zero attached hydrogens (tertiary/aromatic N) is 2. The molecule has 0 fully saturated rings. The second-order valence-corrected chi connectivity index (χ2v) is 6.02. The third-order valence-corrected chi connectivity index (χ3v) is 4.56. The molecule has 2 aromatic carbocycles. The smallest absolute Gasteiger partial charge is 0.296 e. The highest BCUT2D eigenvalue weighted by Gasteiger charge is 2.10. The Morgan fingerprint density at radius 3 is 2.86 bits per heavy atom. The van der Waals surface area contributed by atoms with Crippen LogP contribution >= 0.6 is 11.3 Å². The van der Waals surface area contributed by atoms with Crippen LogP contribution in [-0.2, 0) is 7.05 Å². The molecule has 0 unspecified atom stereocenters. The molecule has 2 heterocycles. The third-order valence-electron chi connectivity index (χ3n) is 3.72. The number of carbonyl (C=O) groups is 1. The fourth-order valence-electron chi connectivity index (χ4n) is 2.58. The number of fused-ring (bicyclic) bond motifs is 3. The van der Waals surface area contributed by atoms with Crippen molar-refractivity contribution in [2.24, 2.45) is 12.0 Å². The molecule has 108 valence electrons. The molecule has 0 bridgehead atoms. The lowest BCUT2D eigenvalue weighted by atomic mass is 10.1. The molecule has 5 heteroatoms. The predicted molar refractivity (Wildman–Crippen MR) is 89.0 cm³/mol. The highest BCUT2D eigenvalue weighted by Crippen LogP contribution is 2.26. The van der Waals surface area contributed by atoms with E-state index in [-0.39, 0.29) is 5.91 Å². The first-order valence-corrected chi connectivity index (χ1v) is 7.80. The number of rotatable bonds is 1. The molecule has 4 nitrogen and oxygen atoms in total. The minimum absolute atomic E-state index is 0.252. The Morgan fingerprint density at radius 2 is 2.05 bits per heavy atom. The van der Waals surface area contributed by atoms with E-state index in [1.807, 2.05) is 47.5 Å². The van der Waals surface area contributed by atoms with Crippen molar-refractivity contribution >= 4 is 38.9 Å². The summed E-state index contributed by atoms with van der Waals surface area (Å²) in [5, 5.41) is 5.25. The number of amides is 1. The summed E-state index contributed by atoms with van der Waals surface area (Å²) in [4.78, 5) is 20.4. The van der Waals surface area contributed by atoms with E-state index < -0.39 is 0 Å². The molecule has 0 spiro atoms. The normalized spacial score (nSPS) is 12.3. The summed E-state index contributed by atoms with van der Waals surface area (Å²) in [7, 11) is 1.88. The first-order valence-electron chi connectivity index (χ1n) is 6.92. The van der Waals surface area contributed by atoms with Crippen LogP contribution in [0.5, 0.6) is 0 Å². The molecular formula is C17H13N3OS. The quantitative estimate of drug-likeness (QED) is 0.575. The second kappa shape index (κ2) is 4.96. The van der Waals surface area contributed by atoms with Crippen molar-refractivity contribution in [1.82, 2.24) is 9.55 Å². The second-order valence-electron chi connectivity index (χ2n) is 5.14. The van der Waals surface area contributed by atoms with Gasteiger partial charge in [0, 0.05) is 29.5 Å². The number of H-pyrrole nitrogens is 1. The van der Waals surface area contributed by atoms with Crippen molar-refractivity contribution in [2.75, 3.05) is 0 Å². The number of aryl methyl sites for hydroxylation is 1. The molecule has 0 atom stereocenters. The van der Waals surface area contributed by atoms with Crippen LogP contribution in [0.3, 0.4) is 0 Å². The van der Waals surface area contributed by atoms with Crippen molar-refractivity contribution in [3.63, 3.8) is 0 Å². The van der Waals surface area contributed by atoms with Crippen LogP contribution in [0.4, 0.5) is 0 Å². The Morgan fingerprint density at radius 1 is 1.18 bits per heavy atom. The van der Waals surface area contributed by atoms with Gasteiger partial charge in [-0.05, 0) is 22.9 Å². The van der Waals surface area contributed by atoms with Crippen LogP contribution < -0.4 is 4.80 Å². The average molecular weight is 307 g/mol. The first kappa shape index (κ1) is 13.0. The van der Waals surface area contributed by atoms with Crippen molar-refractivity contribution < 1.29 is 4.79 Å². The number of aromatic amines is 1. The Kier molecular flexibility index (Phi) is 2.94. The highest BCUT2D eigenvalue weighted by atomic mass is 32.1. The van der Waals surface area contributed by atoms with E-state index in [0.29, 0.717) is 10.5 Å². The summed E-state index contributed by atoms with van der Waals surface area (Å²) < 4.78 is 1.83. The lowest BCUT2D eigenvalue weighted by Crippen LogP contribution is -2.12. The zero-order valence-corrected chi connectivity index (χ0v) is 12.7. The number of carbonyl (C=O) groups excluding carboxylic acids is 1. The van der Waals surface area contributed by atoms with E-state index in [1.54, 1.807) is 0 Å². The number of aromatic nitrogens is 2. The summed E-state index contributed by atoms with van der Waals surface area (Å²) in [5.41, 5.74) is 1.47. The standard InChI is InChI=1S/C17H13N3OS/c1-20-8-9-22-17(20)19-16(21)15-10-13-12-5-3-2-4-11(12)6-7-14(13)18-15/h2-10,18H,1H3. The van der Waals surface area contributed by atoms with Crippen LogP contribution in [0.15, 0.2) is 59.0 Å². The summed E-state index contributed by atoms with van der Waals surface area (Å²) in [6.07, 6.45) is 1.88. The summed E-state index contributed by atoms with van der Waals surface area (Å²) in [5.74, 6) is -0.252. The lowest BCUT2D eigenvalue weighted by Gasteiger charge is -1.97. The fraction of sp³-hybridized carbons (Fsp3) is 0.0588. The monoisotopic (exact) mass is 307 g/mol. The Bertz CT molecular complexity index is 1070. The van der Waals surface area contributed by atoms with Crippen LogP contribution in [-0.4, -0.2) is 15.5 Å². The zero-order chi connectivity index (χ0) is 15.1. The SMILES string of the molecule is Cn1ccsc1=NC(=O)c1cc2c(ccc3ccccc32)[nH]1. The Balaban J connectivity index is 1.88. The van der Waals surface area contributed by atoms with E-state index in [2.05, 4.69) is 28.2 Å². The largest absolute Gasteiger partial charge is 0.350 e. The van der Waals surface area contributed by atoms with Gasteiger partial charge in [-0.1, -0.05) is 30.3 Å². The van der Waals surface area contributed by atoms with Crippen molar-refractivity contribution in [3.8, 4) is 0 Å². The predicted octanol–water partition coefficient (Wildman–Crippen LogP) is 3.46. The minimum Gasteiger partial charge on any atom is -0.350 e. The fourth-order valence-corrected chi connectivity index (χ4v) is 3.31.